The van der Waals surface area contributed by atoms with Crippen LogP contribution in [0, 0.1) is 0 Å². The van der Waals surface area contributed by atoms with Crippen LogP contribution in [-0.4, -0.2) is 41.6 Å². The zero-order valence-electron chi connectivity index (χ0n) is 24.0. The van der Waals surface area contributed by atoms with E-state index in [0.29, 0.717) is 26.2 Å². The Morgan fingerprint density at radius 1 is 1.07 bits per heavy atom. The van der Waals surface area contributed by atoms with Crippen LogP contribution in [0.5, 0.6) is 5.75 Å². The minimum atomic E-state index is -0.743. The van der Waals surface area contributed by atoms with Gasteiger partial charge in [-0.1, -0.05) is 53.8 Å². The molecule has 0 aliphatic carbocycles. The van der Waals surface area contributed by atoms with Crippen molar-refractivity contribution in [3.63, 3.8) is 0 Å². The topological polar surface area (TPSA) is 84.1 Å². The van der Waals surface area contributed by atoms with E-state index in [4.69, 9.17) is 9.73 Å². The monoisotopic (exact) mass is 599 g/mol. The number of aromatic hydroxyl groups is 1. The maximum Gasteiger partial charge on any atom is 0.338 e. The van der Waals surface area contributed by atoms with Crippen molar-refractivity contribution in [2.75, 3.05) is 30.9 Å². The minimum Gasteiger partial charge on any atom is -0.507 e. The number of carbonyl (C=O) groups is 1. The molecular formula is C33H33N3O4S2. The van der Waals surface area contributed by atoms with E-state index in [0.717, 1.165) is 34.8 Å². The van der Waals surface area contributed by atoms with Crippen LogP contribution in [0.2, 0.25) is 0 Å². The lowest BCUT2D eigenvalue weighted by Crippen LogP contribution is -2.40. The minimum absolute atomic E-state index is 0.0895. The Morgan fingerprint density at radius 3 is 2.40 bits per heavy atom. The third-order valence-corrected chi connectivity index (χ3v) is 8.96. The molecule has 1 atom stereocenters. The van der Waals surface area contributed by atoms with Gasteiger partial charge in [-0.3, -0.25) is 9.36 Å². The van der Waals surface area contributed by atoms with E-state index in [1.165, 1.54) is 11.3 Å². The van der Waals surface area contributed by atoms with Crippen molar-refractivity contribution in [3.8, 4) is 5.75 Å². The summed E-state index contributed by atoms with van der Waals surface area (Å²) in [6, 6.07) is 22.1. The predicted molar refractivity (Wildman–Crippen MR) is 171 cm³/mol. The Kier molecular flexibility index (Phi) is 8.99. The maximum atomic E-state index is 14.1. The highest BCUT2D eigenvalue weighted by Crippen LogP contribution is 2.35. The quantitative estimate of drug-likeness (QED) is 0.210. The van der Waals surface area contributed by atoms with E-state index >= 15 is 0 Å². The summed E-state index contributed by atoms with van der Waals surface area (Å²) < 4.78 is 7.51. The van der Waals surface area contributed by atoms with Crippen LogP contribution in [0.25, 0.3) is 11.8 Å². The largest absolute Gasteiger partial charge is 0.507 e. The molecule has 42 heavy (non-hydrogen) atoms. The number of hydrogen-bond donors (Lipinski definition) is 1. The van der Waals surface area contributed by atoms with Crippen LogP contribution in [0.15, 0.2) is 93.1 Å². The van der Waals surface area contributed by atoms with E-state index in [2.05, 4.69) is 18.7 Å². The molecule has 0 amide bonds. The number of anilines is 1. The van der Waals surface area contributed by atoms with Gasteiger partial charge in [-0.25, -0.2) is 9.79 Å². The fourth-order valence-corrected chi connectivity index (χ4v) is 6.52. The Morgan fingerprint density at radius 2 is 1.79 bits per heavy atom. The summed E-state index contributed by atoms with van der Waals surface area (Å²) in [4.78, 5) is 36.2. The number of esters is 1. The van der Waals surface area contributed by atoms with Crippen molar-refractivity contribution in [2.24, 2.45) is 4.99 Å². The van der Waals surface area contributed by atoms with Crippen molar-refractivity contribution in [1.82, 2.24) is 4.57 Å². The number of benzene rings is 3. The van der Waals surface area contributed by atoms with Crippen molar-refractivity contribution < 1.29 is 14.6 Å². The first kappa shape index (κ1) is 29.4. The summed E-state index contributed by atoms with van der Waals surface area (Å²) in [7, 11) is 0. The summed E-state index contributed by atoms with van der Waals surface area (Å²) in [6.07, 6.45) is 3.69. The number of nitrogens with zero attached hydrogens (tertiary/aromatic N) is 3. The Labute approximate surface area is 253 Å². The number of fused-ring (bicyclic) bond motifs is 1. The molecule has 1 N–H and O–H groups in total. The van der Waals surface area contributed by atoms with Crippen LogP contribution >= 0.6 is 23.1 Å². The van der Waals surface area contributed by atoms with Gasteiger partial charge in [-0.05, 0) is 62.9 Å². The fraction of sp³-hybridized carbons (Fsp3) is 0.242. The number of ether oxygens (including phenoxy) is 1. The van der Waals surface area contributed by atoms with Crippen LogP contribution in [0.1, 0.15) is 43.5 Å². The SMILES string of the molecule is CCOC(=O)C1=C(c2ccccc2)N=c2s/c(=C/c3ccc(N(CC)CC)cc3O)c(=O)n2C1c1ccc(SC)cc1. The molecule has 3 aromatic carbocycles. The molecular weight excluding hydrogens is 567 g/mol. The smallest absolute Gasteiger partial charge is 0.338 e. The molecule has 1 aliphatic heterocycles. The predicted octanol–water partition coefficient (Wildman–Crippen LogP) is 5.21. The molecule has 4 aromatic rings. The van der Waals surface area contributed by atoms with Gasteiger partial charge in [-0.15, -0.1) is 11.8 Å². The van der Waals surface area contributed by atoms with Gasteiger partial charge in [0.25, 0.3) is 5.56 Å². The molecule has 1 aliphatic rings. The average Bonchev–Trinajstić information content (AvgIpc) is 3.33. The standard InChI is InChI=1S/C33H33N3O4S2/c1-5-35(6-2)24-16-13-23(26(37)20-24)19-27-31(38)36-30(22-14-17-25(41-4)18-15-22)28(32(39)40-7-3)29(34-33(36)42-27)21-11-9-8-10-12-21/h8-20,30,37H,5-7H2,1-4H3/b27-19+. The van der Waals surface area contributed by atoms with Crippen LogP contribution < -0.4 is 19.8 Å². The van der Waals surface area contributed by atoms with Gasteiger partial charge in [0.05, 0.1) is 28.5 Å². The van der Waals surface area contributed by atoms with E-state index in [1.54, 1.807) is 35.4 Å². The summed E-state index contributed by atoms with van der Waals surface area (Å²) in [6.45, 7) is 7.71. The molecule has 1 aromatic heterocycles. The second-order valence-electron chi connectivity index (χ2n) is 9.62. The number of phenols is 1. The molecule has 9 heteroatoms. The molecule has 5 rings (SSSR count). The first-order valence-electron chi connectivity index (χ1n) is 13.9. The van der Waals surface area contributed by atoms with Crippen molar-refractivity contribution in [2.45, 2.75) is 31.7 Å². The lowest BCUT2D eigenvalue weighted by Gasteiger charge is -2.26. The van der Waals surface area contributed by atoms with Gasteiger partial charge in [0.2, 0.25) is 0 Å². The fourth-order valence-electron chi connectivity index (χ4n) is 5.12. The average molecular weight is 600 g/mol. The highest BCUT2D eigenvalue weighted by molar-refractivity contribution is 7.98. The van der Waals surface area contributed by atoms with E-state index in [-0.39, 0.29) is 17.9 Å². The van der Waals surface area contributed by atoms with Crippen LogP contribution in [0.3, 0.4) is 0 Å². The van der Waals surface area contributed by atoms with Crippen molar-refractivity contribution >= 4 is 46.5 Å². The Hall–Kier alpha value is -4.08. The van der Waals surface area contributed by atoms with Gasteiger partial charge >= 0.3 is 5.97 Å². The third kappa shape index (κ3) is 5.67. The van der Waals surface area contributed by atoms with Crippen molar-refractivity contribution in [3.05, 3.63) is 115 Å². The normalized spacial score (nSPS) is 14.9. The van der Waals surface area contributed by atoms with Gasteiger partial charge in [-0.2, -0.15) is 0 Å². The summed E-state index contributed by atoms with van der Waals surface area (Å²) in [5, 5.41) is 10.9. The third-order valence-electron chi connectivity index (χ3n) is 7.23. The van der Waals surface area contributed by atoms with Crippen molar-refractivity contribution in [1.29, 1.82) is 0 Å². The number of carbonyl (C=O) groups excluding carboxylic acids is 1. The number of thiazole rings is 1. The molecule has 0 saturated heterocycles. The molecule has 0 spiro atoms. The summed E-state index contributed by atoms with van der Waals surface area (Å²) >= 11 is 2.85. The number of aromatic nitrogens is 1. The van der Waals surface area contributed by atoms with E-state index in [1.807, 2.05) is 73.0 Å². The number of phenolic OH excluding ortho intramolecular Hbond substituents is 1. The second-order valence-corrected chi connectivity index (χ2v) is 11.5. The molecule has 0 radical (unpaired) electrons. The molecule has 216 valence electrons. The zero-order chi connectivity index (χ0) is 29.8. The zero-order valence-corrected chi connectivity index (χ0v) is 25.7. The van der Waals surface area contributed by atoms with Gasteiger partial charge < -0.3 is 14.7 Å². The lowest BCUT2D eigenvalue weighted by molar-refractivity contribution is -0.138. The molecule has 1 unspecified atom stereocenters. The molecule has 0 fully saturated rings. The summed E-state index contributed by atoms with van der Waals surface area (Å²) in [5.74, 6) is -0.426. The van der Waals surface area contributed by atoms with Crippen LogP contribution in [0.4, 0.5) is 5.69 Å². The number of hydrogen-bond acceptors (Lipinski definition) is 8. The second kappa shape index (κ2) is 12.8. The lowest BCUT2D eigenvalue weighted by atomic mass is 9.93. The maximum absolute atomic E-state index is 14.1. The molecule has 2 heterocycles. The molecule has 7 nitrogen and oxygen atoms in total. The molecule has 0 bridgehead atoms. The van der Waals surface area contributed by atoms with Gasteiger partial charge in [0.15, 0.2) is 4.80 Å². The van der Waals surface area contributed by atoms with E-state index in [9.17, 15) is 14.7 Å². The highest BCUT2D eigenvalue weighted by atomic mass is 32.2. The first-order chi connectivity index (χ1) is 20.4. The highest BCUT2D eigenvalue weighted by Gasteiger charge is 2.35. The van der Waals surface area contributed by atoms with E-state index < -0.39 is 12.0 Å². The summed E-state index contributed by atoms with van der Waals surface area (Å²) in [5.41, 5.74) is 3.48. The number of rotatable bonds is 9. The van der Waals surface area contributed by atoms with Gasteiger partial charge in [0.1, 0.15) is 5.75 Å². The Balaban J connectivity index is 1.75. The Bertz CT molecular complexity index is 1800. The van der Waals surface area contributed by atoms with Crippen LogP contribution in [-0.2, 0) is 9.53 Å². The van der Waals surface area contributed by atoms with Gasteiger partial charge in [0, 0.05) is 40.9 Å². The first-order valence-corrected chi connectivity index (χ1v) is 15.9. The number of thioether (sulfide) groups is 1. The molecule has 0 saturated carbocycles.